The fourth-order valence-corrected chi connectivity index (χ4v) is 6.27. The molecule has 45 heavy (non-hydrogen) atoms. The standard InChI is InChI=1S/C36H31FN6O2/c1-23(2)42(25-12-4-3-5-13-25)33(44)22-41-31-18-10-11-19-32(31)43-34(27-15-6-8-16-29(27)37)39-40-35(43)28(36(41)45)20-24-21-38-30-17-9-7-14-26(24)30/h3-19,21,23,28,38H,20,22H2,1-2H3. The predicted octanol–water partition coefficient (Wildman–Crippen LogP) is 6.67. The average Bonchev–Trinajstić information content (AvgIpc) is 3.65. The number of nitrogens with one attached hydrogen (secondary N) is 1. The summed E-state index contributed by atoms with van der Waals surface area (Å²) >= 11 is 0. The van der Waals surface area contributed by atoms with Crippen molar-refractivity contribution in [2.75, 3.05) is 16.3 Å². The number of aromatic nitrogens is 4. The average molecular weight is 599 g/mol. The van der Waals surface area contributed by atoms with E-state index in [0.717, 1.165) is 22.2 Å². The summed E-state index contributed by atoms with van der Waals surface area (Å²) in [6, 6.07) is 30.9. The van der Waals surface area contributed by atoms with Crippen LogP contribution in [0.5, 0.6) is 0 Å². The van der Waals surface area contributed by atoms with Crippen LogP contribution >= 0.6 is 0 Å². The molecule has 2 amide bonds. The van der Waals surface area contributed by atoms with Crippen LogP contribution in [0.1, 0.15) is 31.2 Å². The van der Waals surface area contributed by atoms with Gasteiger partial charge in [-0.15, -0.1) is 10.2 Å². The Morgan fingerprint density at radius 2 is 1.58 bits per heavy atom. The van der Waals surface area contributed by atoms with E-state index in [2.05, 4.69) is 15.2 Å². The van der Waals surface area contributed by atoms with Crippen LogP contribution < -0.4 is 9.80 Å². The normalized spacial score (nSPS) is 14.4. The number of carbonyl (C=O) groups is 2. The first-order valence-corrected chi connectivity index (χ1v) is 15.0. The predicted molar refractivity (Wildman–Crippen MR) is 173 cm³/mol. The first-order chi connectivity index (χ1) is 21.9. The van der Waals surface area contributed by atoms with E-state index >= 15 is 4.39 Å². The maximum absolute atomic E-state index is 15.2. The van der Waals surface area contributed by atoms with Gasteiger partial charge in [0.25, 0.3) is 0 Å². The minimum atomic E-state index is -0.818. The van der Waals surface area contributed by atoms with Crippen molar-refractivity contribution < 1.29 is 14.0 Å². The van der Waals surface area contributed by atoms with Crippen LogP contribution in [0.15, 0.2) is 109 Å². The number of amides is 2. The fraction of sp³-hybridized carbons (Fsp3) is 0.167. The maximum Gasteiger partial charge on any atom is 0.247 e. The summed E-state index contributed by atoms with van der Waals surface area (Å²) in [4.78, 5) is 35.5. The van der Waals surface area contributed by atoms with Crippen LogP contribution in [0, 0.1) is 5.82 Å². The lowest BCUT2D eigenvalue weighted by atomic mass is 9.96. The van der Waals surface area contributed by atoms with Crippen molar-refractivity contribution in [3.8, 4) is 17.1 Å². The third-order valence-electron chi connectivity index (χ3n) is 8.30. The SMILES string of the molecule is CC(C)N(C(=O)CN1C(=O)C(Cc2c[nH]c3ccccc23)c2nnc(-c3ccccc3F)n2-c2ccccc21)c1ccccc1. The molecule has 0 spiro atoms. The molecule has 0 bridgehead atoms. The fourth-order valence-electron chi connectivity index (χ4n) is 6.27. The van der Waals surface area contributed by atoms with Crippen LogP contribution in [-0.4, -0.2) is 44.1 Å². The summed E-state index contributed by atoms with van der Waals surface area (Å²) < 4.78 is 17.0. The molecule has 9 heteroatoms. The maximum atomic E-state index is 15.2. The Hall–Kier alpha value is -5.57. The summed E-state index contributed by atoms with van der Waals surface area (Å²) in [7, 11) is 0. The van der Waals surface area contributed by atoms with Gasteiger partial charge in [0.05, 0.1) is 16.9 Å². The molecule has 0 fully saturated rings. The minimum absolute atomic E-state index is 0.147. The van der Waals surface area contributed by atoms with Gasteiger partial charge in [0.15, 0.2) is 11.6 Å². The van der Waals surface area contributed by atoms with Crippen molar-refractivity contribution in [3.63, 3.8) is 0 Å². The number of anilines is 2. The lowest BCUT2D eigenvalue weighted by Gasteiger charge is -2.31. The molecule has 0 aliphatic carbocycles. The summed E-state index contributed by atoms with van der Waals surface area (Å²) in [5.41, 5.74) is 4.01. The Kier molecular flexibility index (Phi) is 7.21. The first kappa shape index (κ1) is 28.2. The van der Waals surface area contributed by atoms with E-state index in [4.69, 9.17) is 0 Å². The second-order valence-corrected chi connectivity index (χ2v) is 11.4. The Morgan fingerprint density at radius 3 is 2.36 bits per heavy atom. The molecule has 2 aromatic heterocycles. The number of halogens is 1. The molecule has 3 heterocycles. The molecular weight excluding hydrogens is 567 g/mol. The highest BCUT2D eigenvalue weighted by molar-refractivity contribution is 6.07. The molecule has 1 aliphatic rings. The third kappa shape index (κ3) is 4.96. The van der Waals surface area contributed by atoms with E-state index in [9.17, 15) is 9.59 Å². The van der Waals surface area contributed by atoms with E-state index < -0.39 is 11.7 Å². The summed E-state index contributed by atoms with van der Waals surface area (Å²) in [5.74, 6) is -1.11. The molecule has 0 radical (unpaired) electrons. The van der Waals surface area contributed by atoms with Gasteiger partial charge in [-0.2, -0.15) is 0 Å². The van der Waals surface area contributed by atoms with Gasteiger partial charge in [0.1, 0.15) is 18.3 Å². The number of hydrogen-bond donors (Lipinski definition) is 1. The second kappa shape index (κ2) is 11.5. The molecule has 1 aliphatic heterocycles. The molecule has 1 unspecified atom stereocenters. The number of nitrogens with zero attached hydrogens (tertiary/aromatic N) is 5. The number of H-pyrrole nitrogens is 1. The zero-order valence-electron chi connectivity index (χ0n) is 24.9. The van der Waals surface area contributed by atoms with Gasteiger partial charge in [0, 0.05) is 28.8 Å². The first-order valence-electron chi connectivity index (χ1n) is 15.0. The number of carbonyl (C=O) groups excluding carboxylic acids is 2. The number of para-hydroxylation sites is 4. The monoisotopic (exact) mass is 598 g/mol. The number of rotatable bonds is 7. The highest BCUT2D eigenvalue weighted by Gasteiger charge is 2.39. The van der Waals surface area contributed by atoms with Crippen LogP contribution in [0.2, 0.25) is 0 Å². The van der Waals surface area contributed by atoms with E-state index in [1.807, 2.05) is 98.9 Å². The van der Waals surface area contributed by atoms with Crippen molar-refractivity contribution in [3.05, 3.63) is 127 Å². The quantitative estimate of drug-likeness (QED) is 0.222. The molecule has 0 saturated carbocycles. The zero-order valence-corrected chi connectivity index (χ0v) is 24.9. The van der Waals surface area contributed by atoms with Crippen LogP contribution in [0.25, 0.3) is 28.0 Å². The van der Waals surface area contributed by atoms with E-state index in [0.29, 0.717) is 23.6 Å². The highest BCUT2D eigenvalue weighted by atomic mass is 19.1. The van der Waals surface area contributed by atoms with Gasteiger partial charge in [0.2, 0.25) is 11.8 Å². The lowest BCUT2D eigenvalue weighted by molar-refractivity contribution is -0.123. The summed E-state index contributed by atoms with van der Waals surface area (Å²) in [5, 5.41) is 9.98. The van der Waals surface area contributed by atoms with Gasteiger partial charge in [-0.05, 0) is 68.3 Å². The Balaban J connectivity index is 1.39. The minimum Gasteiger partial charge on any atom is -0.361 e. The lowest BCUT2D eigenvalue weighted by Crippen LogP contribution is -2.47. The second-order valence-electron chi connectivity index (χ2n) is 11.4. The van der Waals surface area contributed by atoms with Gasteiger partial charge >= 0.3 is 0 Å². The number of fused-ring (bicyclic) bond motifs is 4. The molecule has 1 atom stereocenters. The molecule has 4 aromatic carbocycles. The molecular formula is C36H31FN6O2. The van der Waals surface area contributed by atoms with E-state index in [1.165, 1.54) is 6.07 Å². The number of aromatic amines is 1. The zero-order chi connectivity index (χ0) is 31.1. The summed E-state index contributed by atoms with van der Waals surface area (Å²) in [6.07, 6.45) is 2.20. The van der Waals surface area contributed by atoms with Crippen molar-refractivity contribution in [2.45, 2.75) is 32.2 Å². The van der Waals surface area contributed by atoms with Crippen molar-refractivity contribution in [1.82, 2.24) is 19.7 Å². The van der Waals surface area contributed by atoms with Crippen LogP contribution in [0.3, 0.4) is 0 Å². The Morgan fingerprint density at radius 1 is 0.889 bits per heavy atom. The number of benzene rings is 4. The molecule has 224 valence electrons. The molecule has 1 N–H and O–H groups in total. The third-order valence-corrected chi connectivity index (χ3v) is 8.30. The molecule has 8 nitrogen and oxygen atoms in total. The smallest absolute Gasteiger partial charge is 0.247 e. The van der Waals surface area contributed by atoms with Crippen molar-refractivity contribution in [1.29, 1.82) is 0 Å². The van der Waals surface area contributed by atoms with Crippen molar-refractivity contribution >= 4 is 34.1 Å². The van der Waals surface area contributed by atoms with Crippen LogP contribution in [0.4, 0.5) is 15.8 Å². The van der Waals surface area contributed by atoms with Gasteiger partial charge in [-0.3, -0.25) is 14.2 Å². The van der Waals surface area contributed by atoms with E-state index in [-0.39, 0.29) is 35.8 Å². The topological polar surface area (TPSA) is 87.1 Å². The summed E-state index contributed by atoms with van der Waals surface area (Å²) in [6.45, 7) is 3.70. The van der Waals surface area contributed by atoms with Crippen molar-refractivity contribution in [2.24, 2.45) is 0 Å². The molecule has 7 rings (SSSR count). The van der Waals surface area contributed by atoms with Gasteiger partial charge in [-0.25, -0.2) is 4.39 Å². The Bertz CT molecular complexity index is 2030. The van der Waals surface area contributed by atoms with E-state index in [1.54, 1.807) is 32.6 Å². The largest absolute Gasteiger partial charge is 0.361 e. The molecule has 6 aromatic rings. The van der Waals surface area contributed by atoms with Gasteiger partial charge < -0.3 is 14.8 Å². The Labute approximate surface area is 259 Å². The number of hydrogen-bond acceptors (Lipinski definition) is 4. The molecule has 0 saturated heterocycles. The highest BCUT2D eigenvalue weighted by Crippen LogP contribution is 2.39. The van der Waals surface area contributed by atoms with Crippen LogP contribution in [-0.2, 0) is 16.0 Å². The van der Waals surface area contributed by atoms with Gasteiger partial charge in [-0.1, -0.05) is 60.7 Å².